The molecular weight excluding hydrogens is 196 g/mol. The number of fused-ring (bicyclic) bond motifs is 4. The van der Waals surface area contributed by atoms with Crippen LogP contribution in [0, 0.1) is 0 Å². The molecule has 2 saturated heterocycles. The van der Waals surface area contributed by atoms with Crippen LogP contribution >= 0.6 is 0 Å². The number of benzene rings is 1. The van der Waals surface area contributed by atoms with Gasteiger partial charge in [0.2, 0.25) is 0 Å². The Hall–Kier alpha value is -1.02. The summed E-state index contributed by atoms with van der Waals surface area (Å²) >= 11 is 0. The van der Waals surface area contributed by atoms with Crippen LogP contribution in [0.5, 0.6) is 0 Å². The van der Waals surface area contributed by atoms with Crippen LogP contribution < -0.4 is 10.6 Å². The van der Waals surface area contributed by atoms with E-state index in [1.165, 1.54) is 31.4 Å². The van der Waals surface area contributed by atoms with Crippen molar-refractivity contribution in [1.29, 1.82) is 0 Å². The number of anilines is 1. The zero-order valence-electron chi connectivity index (χ0n) is 9.50. The maximum atomic E-state index is 3.74. The van der Waals surface area contributed by atoms with E-state index in [-0.39, 0.29) is 0 Å². The molecule has 0 aliphatic carbocycles. The lowest BCUT2D eigenvalue weighted by atomic mass is 9.72. The average Bonchev–Trinajstić information content (AvgIpc) is 2.83. The van der Waals surface area contributed by atoms with E-state index in [1.807, 2.05) is 0 Å². The summed E-state index contributed by atoms with van der Waals surface area (Å²) in [5, 5.41) is 7.35. The van der Waals surface area contributed by atoms with Crippen molar-refractivity contribution in [3.05, 3.63) is 29.8 Å². The largest absolute Gasteiger partial charge is 0.384 e. The SMILES string of the molecule is c1ccc2c(c1)NCC21C[C@H]2CC[C@@H](C1)N2. The third-order valence-corrected chi connectivity index (χ3v) is 4.72. The number of hydrogen-bond acceptors (Lipinski definition) is 2. The fourth-order valence-electron chi connectivity index (χ4n) is 4.07. The van der Waals surface area contributed by atoms with Gasteiger partial charge in [0.1, 0.15) is 0 Å². The van der Waals surface area contributed by atoms with E-state index >= 15 is 0 Å². The van der Waals surface area contributed by atoms with E-state index in [2.05, 4.69) is 34.9 Å². The normalized spacial score (nSPS) is 39.8. The highest BCUT2D eigenvalue weighted by Crippen LogP contribution is 2.48. The molecular formula is C14H18N2. The van der Waals surface area contributed by atoms with Gasteiger partial charge in [-0.2, -0.15) is 0 Å². The summed E-state index contributed by atoms with van der Waals surface area (Å²) in [6.45, 7) is 1.15. The molecule has 0 saturated carbocycles. The van der Waals surface area contributed by atoms with Gasteiger partial charge >= 0.3 is 0 Å². The van der Waals surface area contributed by atoms with Crippen LogP contribution in [0.15, 0.2) is 24.3 Å². The zero-order valence-corrected chi connectivity index (χ0v) is 9.50. The van der Waals surface area contributed by atoms with E-state index in [0.29, 0.717) is 5.41 Å². The minimum absolute atomic E-state index is 0.438. The molecule has 2 bridgehead atoms. The molecule has 1 unspecified atom stereocenters. The molecule has 1 aromatic carbocycles. The second-order valence-corrected chi connectivity index (χ2v) is 5.73. The molecule has 1 spiro atoms. The van der Waals surface area contributed by atoms with Gasteiger partial charge in [-0.25, -0.2) is 0 Å². The molecule has 3 atom stereocenters. The predicted octanol–water partition coefficient (Wildman–Crippen LogP) is 2.26. The Bertz CT molecular complexity index is 414. The van der Waals surface area contributed by atoms with Crippen molar-refractivity contribution in [2.24, 2.45) is 0 Å². The summed E-state index contributed by atoms with van der Waals surface area (Å²) in [7, 11) is 0. The highest BCUT2D eigenvalue weighted by molar-refractivity contribution is 5.60. The molecule has 16 heavy (non-hydrogen) atoms. The van der Waals surface area contributed by atoms with Gasteiger partial charge < -0.3 is 10.6 Å². The average molecular weight is 214 g/mol. The molecule has 84 valence electrons. The zero-order chi connectivity index (χ0) is 10.6. The van der Waals surface area contributed by atoms with E-state index in [9.17, 15) is 0 Å². The van der Waals surface area contributed by atoms with Crippen LogP contribution in [-0.4, -0.2) is 18.6 Å². The Labute approximate surface area is 96.4 Å². The van der Waals surface area contributed by atoms with Crippen molar-refractivity contribution < 1.29 is 0 Å². The standard InChI is InChI=1S/C14H18N2/c1-2-4-13-12(3-1)14(9-15-13)7-10-5-6-11(8-14)16-10/h1-4,10-11,15-16H,5-9H2/t10-,11+,14?. The van der Waals surface area contributed by atoms with Crippen molar-refractivity contribution in [3.63, 3.8) is 0 Å². The van der Waals surface area contributed by atoms with E-state index in [1.54, 1.807) is 5.56 Å². The van der Waals surface area contributed by atoms with Gasteiger partial charge in [0, 0.05) is 29.7 Å². The van der Waals surface area contributed by atoms with Crippen LogP contribution in [0.4, 0.5) is 5.69 Å². The summed E-state index contributed by atoms with van der Waals surface area (Å²) in [6.07, 6.45) is 5.42. The number of piperidine rings is 1. The Morgan fingerprint density at radius 2 is 1.81 bits per heavy atom. The second-order valence-electron chi connectivity index (χ2n) is 5.73. The number of nitrogens with one attached hydrogen (secondary N) is 2. The number of para-hydroxylation sites is 1. The van der Waals surface area contributed by atoms with Gasteiger partial charge in [0.15, 0.2) is 0 Å². The first-order chi connectivity index (χ1) is 7.86. The molecule has 2 heteroatoms. The highest BCUT2D eigenvalue weighted by atomic mass is 15.0. The Kier molecular flexibility index (Phi) is 1.70. The van der Waals surface area contributed by atoms with Crippen molar-refractivity contribution in [3.8, 4) is 0 Å². The minimum atomic E-state index is 0.438. The fraction of sp³-hybridized carbons (Fsp3) is 0.571. The smallest absolute Gasteiger partial charge is 0.0379 e. The Morgan fingerprint density at radius 1 is 1.06 bits per heavy atom. The maximum absolute atomic E-state index is 3.74. The second kappa shape index (κ2) is 3.01. The summed E-state index contributed by atoms with van der Waals surface area (Å²) in [5.74, 6) is 0. The van der Waals surface area contributed by atoms with Crippen molar-refractivity contribution in [2.45, 2.75) is 43.2 Å². The topological polar surface area (TPSA) is 24.1 Å². The number of hydrogen-bond donors (Lipinski definition) is 2. The predicted molar refractivity (Wildman–Crippen MR) is 65.8 cm³/mol. The molecule has 2 nitrogen and oxygen atoms in total. The summed E-state index contributed by atoms with van der Waals surface area (Å²) in [5.41, 5.74) is 3.39. The van der Waals surface area contributed by atoms with Crippen LogP contribution in [0.1, 0.15) is 31.2 Å². The fourth-order valence-corrected chi connectivity index (χ4v) is 4.07. The minimum Gasteiger partial charge on any atom is -0.384 e. The lowest BCUT2D eigenvalue weighted by Crippen LogP contribution is -2.47. The van der Waals surface area contributed by atoms with E-state index < -0.39 is 0 Å². The van der Waals surface area contributed by atoms with Crippen molar-refractivity contribution in [2.75, 3.05) is 11.9 Å². The van der Waals surface area contributed by atoms with Crippen LogP contribution in [-0.2, 0) is 5.41 Å². The summed E-state index contributed by atoms with van der Waals surface area (Å²) in [6, 6.07) is 10.4. The molecule has 0 amide bonds. The van der Waals surface area contributed by atoms with E-state index in [4.69, 9.17) is 0 Å². The van der Waals surface area contributed by atoms with Crippen LogP contribution in [0.3, 0.4) is 0 Å². The van der Waals surface area contributed by atoms with Crippen molar-refractivity contribution >= 4 is 5.69 Å². The summed E-state index contributed by atoms with van der Waals surface area (Å²) < 4.78 is 0. The van der Waals surface area contributed by atoms with Crippen LogP contribution in [0.2, 0.25) is 0 Å². The molecule has 0 radical (unpaired) electrons. The van der Waals surface area contributed by atoms with Gasteiger partial charge in [-0.15, -0.1) is 0 Å². The number of rotatable bonds is 0. The molecule has 3 aliphatic heterocycles. The molecule has 2 fully saturated rings. The van der Waals surface area contributed by atoms with Crippen LogP contribution in [0.25, 0.3) is 0 Å². The lowest BCUT2D eigenvalue weighted by Gasteiger charge is -2.38. The van der Waals surface area contributed by atoms with Gasteiger partial charge in [-0.3, -0.25) is 0 Å². The lowest BCUT2D eigenvalue weighted by molar-refractivity contribution is 0.268. The highest BCUT2D eigenvalue weighted by Gasteiger charge is 2.47. The van der Waals surface area contributed by atoms with Gasteiger partial charge in [-0.1, -0.05) is 18.2 Å². The molecule has 0 aromatic heterocycles. The molecule has 3 heterocycles. The first-order valence-electron chi connectivity index (χ1n) is 6.45. The monoisotopic (exact) mass is 214 g/mol. The molecule has 3 aliphatic rings. The first kappa shape index (κ1) is 9.06. The van der Waals surface area contributed by atoms with Crippen molar-refractivity contribution in [1.82, 2.24) is 5.32 Å². The third kappa shape index (κ3) is 1.11. The Balaban J connectivity index is 1.78. The molecule has 1 aromatic rings. The molecule has 4 rings (SSSR count). The third-order valence-electron chi connectivity index (χ3n) is 4.72. The maximum Gasteiger partial charge on any atom is 0.0379 e. The van der Waals surface area contributed by atoms with Gasteiger partial charge in [0.05, 0.1) is 0 Å². The van der Waals surface area contributed by atoms with Gasteiger partial charge in [-0.05, 0) is 37.3 Å². The summed E-state index contributed by atoms with van der Waals surface area (Å²) in [4.78, 5) is 0. The Morgan fingerprint density at radius 3 is 2.62 bits per heavy atom. The molecule has 2 N–H and O–H groups in total. The quantitative estimate of drug-likeness (QED) is 0.692. The van der Waals surface area contributed by atoms with Gasteiger partial charge in [0.25, 0.3) is 0 Å². The first-order valence-corrected chi connectivity index (χ1v) is 6.45. The van der Waals surface area contributed by atoms with E-state index in [0.717, 1.165) is 18.6 Å².